The van der Waals surface area contributed by atoms with Gasteiger partial charge in [-0.1, -0.05) is 0 Å². The van der Waals surface area contributed by atoms with Gasteiger partial charge in [0, 0.05) is 29.5 Å². The SMILES string of the molecule is N#Cc1ccc(CNCc2nccs2)s1. The molecule has 2 heterocycles. The molecule has 2 aromatic heterocycles. The Balaban J connectivity index is 1.81. The Morgan fingerprint density at radius 3 is 3.00 bits per heavy atom. The number of thiophene rings is 1. The van der Waals surface area contributed by atoms with E-state index in [-0.39, 0.29) is 0 Å². The van der Waals surface area contributed by atoms with Crippen LogP contribution in [0.3, 0.4) is 0 Å². The van der Waals surface area contributed by atoms with Crippen molar-refractivity contribution >= 4 is 22.7 Å². The second kappa shape index (κ2) is 5.03. The Morgan fingerprint density at radius 1 is 1.40 bits per heavy atom. The molecule has 76 valence electrons. The van der Waals surface area contributed by atoms with Crippen molar-refractivity contribution in [3.05, 3.63) is 38.5 Å². The van der Waals surface area contributed by atoms with Crippen LogP contribution in [0.15, 0.2) is 23.7 Å². The molecular formula is C10H9N3S2. The largest absolute Gasteiger partial charge is 0.306 e. The number of hydrogen-bond donors (Lipinski definition) is 1. The molecule has 0 amide bonds. The number of nitrogens with one attached hydrogen (secondary N) is 1. The summed E-state index contributed by atoms with van der Waals surface area (Å²) in [6.45, 7) is 1.59. The summed E-state index contributed by atoms with van der Waals surface area (Å²) in [5.41, 5.74) is 0. The number of nitrogens with zero attached hydrogens (tertiary/aromatic N) is 2. The van der Waals surface area contributed by atoms with Gasteiger partial charge in [0.25, 0.3) is 0 Å². The summed E-state index contributed by atoms with van der Waals surface area (Å²) < 4.78 is 0. The number of thiazole rings is 1. The monoisotopic (exact) mass is 235 g/mol. The van der Waals surface area contributed by atoms with E-state index in [0.29, 0.717) is 0 Å². The molecule has 3 nitrogen and oxygen atoms in total. The lowest BCUT2D eigenvalue weighted by molar-refractivity contribution is 0.697. The summed E-state index contributed by atoms with van der Waals surface area (Å²) in [4.78, 5) is 6.12. The molecule has 5 heteroatoms. The first kappa shape index (κ1) is 10.3. The van der Waals surface area contributed by atoms with Crippen LogP contribution in [0.5, 0.6) is 0 Å². The van der Waals surface area contributed by atoms with Gasteiger partial charge in [0.2, 0.25) is 0 Å². The van der Waals surface area contributed by atoms with Gasteiger partial charge in [-0.05, 0) is 12.1 Å². The zero-order valence-electron chi connectivity index (χ0n) is 7.93. The maximum absolute atomic E-state index is 8.66. The Hall–Kier alpha value is -1.22. The third-order valence-electron chi connectivity index (χ3n) is 1.83. The summed E-state index contributed by atoms with van der Waals surface area (Å²) in [6.07, 6.45) is 1.81. The van der Waals surface area contributed by atoms with Gasteiger partial charge in [-0.2, -0.15) is 5.26 Å². The fourth-order valence-electron chi connectivity index (χ4n) is 1.17. The van der Waals surface area contributed by atoms with E-state index < -0.39 is 0 Å². The van der Waals surface area contributed by atoms with E-state index >= 15 is 0 Å². The van der Waals surface area contributed by atoms with Crippen LogP contribution in [0.2, 0.25) is 0 Å². The second-order valence-electron chi connectivity index (χ2n) is 2.91. The molecule has 2 aromatic rings. The standard InChI is InChI=1S/C10H9N3S2/c11-5-8-1-2-9(15-8)6-12-7-10-13-3-4-14-10/h1-4,12H,6-7H2. The molecule has 0 atom stereocenters. The zero-order valence-corrected chi connectivity index (χ0v) is 9.57. The van der Waals surface area contributed by atoms with Gasteiger partial charge in [0.05, 0.1) is 0 Å². The van der Waals surface area contributed by atoms with Crippen LogP contribution in [-0.2, 0) is 13.1 Å². The van der Waals surface area contributed by atoms with Crippen molar-refractivity contribution in [1.29, 1.82) is 5.26 Å². The number of aromatic nitrogens is 1. The molecule has 0 fully saturated rings. The number of rotatable bonds is 4. The minimum Gasteiger partial charge on any atom is -0.306 e. The highest BCUT2D eigenvalue weighted by atomic mass is 32.1. The zero-order chi connectivity index (χ0) is 10.5. The normalized spacial score (nSPS) is 10.1. The van der Waals surface area contributed by atoms with Gasteiger partial charge in [-0.25, -0.2) is 4.98 Å². The predicted molar refractivity (Wildman–Crippen MR) is 61.7 cm³/mol. The van der Waals surface area contributed by atoms with Crippen molar-refractivity contribution in [3.63, 3.8) is 0 Å². The molecule has 0 bridgehead atoms. The molecule has 0 spiro atoms. The molecule has 0 saturated heterocycles. The fraction of sp³-hybridized carbons (Fsp3) is 0.200. The van der Waals surface area contributed by atoms with Gasteiger partial charge < -0.3 is 5.32 Å². The molecular weight excluding hydrogens is 226 g/mol. The van der Waals surface area contributed by atoms with Crippen molar-refractivity contribution in [1.82, 2.24) is 10.3 Å². The molecule has 0 unspecified atom stereocenters. The minimum absolute atomic E-state index is 0.765. The third kappa shape index (κ3) is 2.86. The van der Waals surface area contributed by atoms with E-state index in [1.165, 1.54) is 16.2 Å². The van der Waals surface area contributed by atoms with Crippen LogP contribution in [-0.4, -0.2) is 4.98 Å². The van der Waals surface area contributed by atoms with Gasteiger partial charge >= 0.3 is 0 Å². The summed E-state index contributed by atoms with van der Waals surface area (Å²) >= 11 is 3.17. The highest BCUT2D eigenvalue weighted by molar-refractivity contribution is 7.12. The smallest absolute Gasteiger partial charge is 0.110 e. The molecule has 0 radical (unpaired) electrons. The van der Waals surface area contributed by atoms with Crippen molar-refractivity contribution in [2.24, 2.45) is 0 Å². The maximum atomic E-state index is 8.66. The van der Waals surface area contributed by atoms with Crippen molar-refractivity contribution < 1.29 is 0 Å². The van der Waals surface area contributed by atoms with Crippen molar-refractivity contribution in [2.75, 3.05) is 0 Å². The lowest BCUT2D eigenvalue weighted by Crippen LogP contribution is -2.11. The first-order chi connectivity index (χ1) is 7.38. The first-order valence-corrected chi connectivity index (χ1v) is 6.16. The molecule has 0 saturated carbocycles. The molecule has 0 aliphatic carbocycles. The second-order valence-corrected chi connectivity index (χ2v) is 5.05. The molecule has 15 heavy (non-hydrogen) atoms. The van der Waals surface area contributed by atoms with E-state index in [1.54, 1.807) is 17.5 Å². The fourth-order valence-corrected chi connectivity index (χ4v) is 2.53. The van der Waals surface area contributed by atoms with E-state index in [9.17, 15) is 0 Å². The lowest BCUT2D eigenvalue weighted by atomic mass is 10.4. The summed E-state index contributed by atoms with van der Waals surface area (Å²) in [7, 11) is 0. The van der Waals surface area contributed by atoms with Crippen LogP contribution in [0.4, 0.5) is 0 Å². The quantitative estimate of drug-likeness (QED) is 0.885. The predicted octanol–water partition coefficient (Wildman–Crippen LogP) is 2.37. The molecule has 1 N–H and O–H groups in total. The van der Waals surface area contributed by atoms with Gasteiger partial charge in [-0.3, -0.25) is 0 Å². The van der Waals surface area contributed by atoms with Crippen LogP contribution in [0.1, 0.15) is 14.8 Å². The molecule has 0 aromatic carbocycles. The highest BCUT2D eigenvalue weighted by Crippen LogP contribution is 2.15. The van der Waals surface area contributed by atoms with Crippen LogP contribution >= 0.6 is 22.7 Å². The van der Waals surface area contributed by atoms with Crippen molar-refractivity contribution in [3.8, 4) is 6.07 Å². The lowest BCUT2D eigenvalue weighted by Gasteiger charge is -1.98. The molecule has 0 aliphatic heterocycles. The van der Waals surface area contributed by atoms with Crippen LogP contribution in [0.25, 0.3) is 0 Å². The van der Waals surface area contributed by atoms with Crippen molar-refractivity contribution in [2.45, 2.75) is 13.1 Å². The van der Waals surface area contributed by atoms with E-state index in [2.05, 4.69) is 16.4 Å². The molecule has 0 aliphatic rings. The van der Waals surface area contributed by atoms with E-state index in [4.69, 9.17) is 5.26 Å². The minimum atomic E-state index is 0.765. The highest BCUT2D eigenvalue weighted by Gasteiger charge is 1.99. The van der Waals surface area contributed by atoms with Crippen LogP contribution in [0, 0.1) is 11.3 Å². The summed E-state index contributed by atoms with van der Waals surface area (Å²) in [5.74, 6) is 0. The summed E-state index contributed by atoms with van der Waals surface area (Å²) in [5, 5.41) is 15.0. The Kier molecular flexibility index (Phi) is 3.45. The Bertz CT molecular complexity index is 453. The van der Waals surface area contributed by atoms with E-state index in [0.717, 1.165) is 23.0 Å². The Morgan fingerprint density at radius 2 is 2.33 bits per heavy atom. The number of nitriles is 1. The third-order valence-corrected chi connectivity index (χ3v) is 3.60. The topological polar surface area (TPSA) is 48.7 Å². The van der Waals surface area contributed by atoms with Crippen LogP contribution < -0.4 is 5.32 Å². The maximum Gasteiger partial charge on any atom is 0.110 e. The summed E-state index contributed by atoms with van der Waals surface area (Å²) in [6, 6.07) is 5.97. The first-order valence-electron chi connectivity index (χ1n) is 4.46. The van der Waals surface area contributed by atoms with Gasteiger partial charge in [-0.15, -0.1) is 22.7 Å². The molecule has 2 rings (SSSR count). The average Bonchev–Trinajstić information content (AvgIpc) is 2.88. The average molecular weight is 235 g/mol. The van der Waals surface area contributed by atoms with Gasteiger partial charge in [0.1, 0.15) is 16.0 Å². The number of hydrogen-bond acceptors (Lipinski definition) is 5. The Labute approximate surface area is 96.0 Å². The van der Waals surface area contributed by atoms with E-state index in [1.807, 2.05) is 17.5 Å². The van der Waals surface area contributed by atoms with Gasteiger partial charge in [0.15, 0.2) is 0 Å².